The summed E-state index contributed by atoms with van der Waals surface area (Å²) in [7, 11) is 0. The zero-order valence-corrected chi connectivity index (χ0v) is 14.9. The minimum absolute atomic E-state index is 0. The summed E-state index contributed by atoms with van der Waals surface area (Å²) in [6.07, 6.45) is 3.89. The van der Waals surface area contributed by atoms with E-state index in [1.165, 1.54) is 0 Å². The number of nitrogens with zero attached hydrogens (tertiary/aromatic N) is 2. The van der Waals surface area contributed by atoms with Crippen molar-refractivity contribution < 1.29 is 14.3 Å². The molecule has 0 saturated carbocycles. The molecule has 0 aliphatic carbocycles. The molecule has 1 aromatic heterocycles. The quantitative estimate of drug-likeness (QED) is 0.879. The van der Waals surface area contributed by atoms with Crippen LogP contribution in [0.1, 0.15) is 37.2 Å². The van der Waals surface area contributed by atoms with Gasteiger partial charge in [-0.05, 0) is 45.7 Å². The van der Waals surface area contributed by atoms with Gasteiger partial charge in [0.15, 0.2) is 11.5 Å². The molecular formula is C17H24ClN3O3. The van der Waals surface area contributed by atoms with Gasteiger partial charge in [0.2, 0.25) is 0 Å². The molecule has 132 valence electrons. The summed E-state index contributed by atoms with van der Waals surface area (Å²) in [5.74, 6) is 1.63. The molecule has 24 heavy (non-hydrogen) atoms. The molecule has 5 rings (SSSR count). The fraction of sp³-hybridized carbons (Fsp3) is 0.647. The van der Waals surface area contributed by atoms with Crippen molar-refractivity contribution in [3.8, 4) is 11.5 Å². The Labute approximate surface area is 148 Å². The van der Waals surface area contributed by atoms with Crippen LogP contribution in [-0.2, 0) is 0 Å². The van der Waals surface area contributed by atoms with Gasteiger partial charge in [-0.1, -0.05) is 0 Å². The van der Waals surface area contributed by atoms with Crippen LogP contribution in [0, 0.1) is 5.92 Å². The van der Waals surface area contributed by atoms with Crippen molar-refractivity contribution in [2.45, 2.75) is 38.3 Å². The molecule has 1 atom stereocenters. The lowest BCUT2D eigenvalue weighted by Gasteiger charge is -2.56. The molecule has 0 aromatic carbocycles. The second-order valence-corrected chi connectivity index (χ2v) is 7.14. The van der Waals surface area contributed by atoms with E-state index < -0.39 is 0 Å². The van der Waals surface area contributed by atoms with E-state index in [-0.39, 0.29) is 29.9 Å². The number of piperidine rings is 3. The topological polar surface area (TPSA) is 63.7 Å². The van der Waals surface area contributed by atoms with Crippen LogP contribution in [0.15, 0.2) is 12.3 Å². The molecule has 0 spiro atoms. The maximum Gasteiger partial charge on any atom is 0.270 e. The number of fused-ring (bicyclic) bond motifs is 4. The number of halogens is 1. The molecule has 4 aliphatic rings. The molecule has 2 bridgehead atoms. The van der Waals surface area contributed by atoms with E-state index in [1.807, 2.05) is 0 Å². The van der Waals surface area contributed by atoms with E-state index in [4.69, 9.17) is 9.47 Å². The summed E-state index contributed by atoms with van der Waals surface area (Å²) in [4.78, 5) is 19.4. The average Bonchev–Trinajstić information content (AvgIpc) is 2.58. The van der Waals surface area contributed by atoms with Gasteiger partial charge < -0.3 is 14.8 Å². The highest BCUT2D eigenvalue weighted by Crippen LogP contribution is 2.39. The normalized spacial score (nSPS) is 29.5. The first-order chi connectivity index (χ1) is 11.1. The van der Waals surface area contributed by atoms with Crippen molar-refractivity contribution in [2.24, 2.45) is 5.92 Å². The Bertz CT molecular complexity index is 630. The average molecular weight is 354 g/mol. The maximum atomic E-state index is 12.7. The Morgan fingerprint density at radius 1 is 1.25 bits per heavy atom. The van der Waals surface area contributed by atoms with Crippen LogP contribution in [0.5, 0.6) is 11.5 Å². The summed E-state index contributed by atoms with van der Waals surface area (Å²) in [5, 5.41) is 3.22. The van der Waals surface area contributed by atoms with Crippen LogP contribution in [0.3, 0.4) is 0 Å². The van der Waals surface area contributed by atoms with Crippen molar-refractivity contribution in [3.63, 3.8) is 0 Å². The highest BCUT2D eigenvalue weighted by atomic mass is 35.5. The van der Waals surface area contributed by atoms with Gasteiger partial charge in [-0.2, -0.15) is 0 Å². The number of pyridine rings is 1. The smallest absolute Gasteiger partial charge is 0.270 e. The molecule has 3 fully saturated rings. The Kier molecular flexibility index (Phi) is 4.62. The molecule has 5 heterocycles. The first-order valence-electron chi connectivity index (χ1n) is 8.37. The highest BCUT2D eigenvalue weighted by molar-refractivity contribution is 5.93. The second-order valence-electron chi connectivity index (χ2n) is 7.14. The first-order valence-corrected chi connectivity index (χ1v) is 8.37. The van der Waals surface area contributed by atoms with E-state index in [1.54, 1.807) is 12.3 Å². The molecule has 7 heteroatoms. The summed E-state index contributed by atoms with van der Waals surface area (Å²) in [6.45, 7) is 7.73. The van der Waals surface area contributed by atoms with Crippen LogP contribution >= 0.6 is 12.4 Å². The van der Waals surface area contributed by atoms with Crippen LogP contribution < -0.4 is 14.8 Å². The highest BCUT2D eigenvalue weighted by Gasteiger charge is 2.48. The predicted octanol–water partition coefficient (Wildman–Crippen LogP) is 1.88. The van der Waals surface area contributed by atoms with Gasteiger partial charge >= 0.3 is 0 Å². The number of amides is 1. The lowest BCUT2D eigenvalue weighted by atomic mass is 9.72. The molecule has 1 amide bonds. The van der Waals surface area contributed by atoms with Gasteiger partial charge in [-0.25, -0.2) is 4.98 Å². The third-order valence-electron chi connectivity index (χ3n) is 5.54. The Morgan fingerprint density at radius 3 is 2.58 bits per heavy atom. The molecule has 3 saturated heterocycles. The minimum atomic E-state index is -0.131. The molecule has 0 radical (unpaired) electrons. The standard InChI is InChI=1S/C17H23N3O3.ClH/c1-17(2)15(11-3-5-20(17)6-4-11)19-16(21)12-9-13-14(10-18-12)23-8-7-22-13;/h9-11,15H,3-8H2,1-2H3,(H,19,21);1H/t15-;/m1./s1. The molecular weight excluding hydrogens is 330 g/mol. The lowest BCUT2D eigenvalue weighted by Crippen LogP contribution is -2.69. The number of nitrogens with one attached hydrogen (secondary N) is 1. The summed E-state index contributed by atoms with van der Waals surface area (Å²) < 4.78 is 11.0. The minimum Gasteiger partial charge on any atom is -0.486 e. The number of hydrogen-bond donors (Lipinski definition) is 1. The lowest BCUT2D eigenvalue weighted by molar-refractivity contribution is -0.0378. The summed E-state index contributed by atoms with van der Waals surface area (Å²) >= 11 is 0. The number of aromatic nitrogens is 1. The number of rotatable bonds is 2. The first kappa shape index (κ1) is 17.3. The summed E-state index contributed by atoms with van der Waals surface area (Å²) in [6, 6.07) is 1.84. The zero-order chi connectivity index (χ0) is 16.0. The fourth-order valence-electron chi connectivity index (χ4n) is 4.17. The number of carbonyl (C=O) groups excluding carboxylic acids is 1. The van der Waals surface area contributed by atoms with Gasteiger partial charge in [-0.3, -0.25) is 9.69 Å². The Hall–Kier alpha value is -1.53. The molecule has 6 nitrogen and oxygen atoms in total. The van der Waals surface area contributed by atoms with Gasteiger partial charge in [0.1, 0.15) is 18.9 Å². The molecule has 1 aromatic rings. The Morgan fingerprint density at radius 2 is 1.92 bits per heavy atom. The monoisotopic (exact) mass is 353 g/mol. The molecule has 4 aliphatic heterocycles. The van der Waals surface area contributed by atoms with Crippen molar-refractivity contribution >= 4 is 18.3 Å². The van der Waals surface area contributed by atoms with E-state index in [9.17, 15) is 4.79 Å². The van der Waals surface area contributed by atoms with E-state index in [0.717, 1.165) is 25.9 Å². The third-order valence-corrected chi connectivity index (χ3v) is 5.54. The SMILES string of the molecule is CC1(C)[C@H](NC(=O)c2cc3c(cn2)OCCO3)C2CCN1CC2.Cl. The fourth-order valence-corrected chi connectivity index (χ4v) is 4.17. The number of carbonyl (C=O) groups is 1. The number of hydrogen-bond acceptors (Lipinski definition) is 5. The van der Waals surface area contributed by atoms with Crippen molar-refractivity contribution in [1.29, 1.82) is 0 Å². The van der Waals surface area contributed by atoms with E-state index >= 15 is 0 Å². The molecule has 1 N–H and O–H groups in total. The van der Waals surface area contributed by atoms with Crippen LogP contribution in [0.4, 0.5) is 0 Å². The molecule has 0 unspecified atom stereocenters. The van der Waals surface area contributed by atoms with Crippen LogP contribution in [-0.4, -0.2) is 53.7 Å². The Balaban J connectivity index is 0.00000169. The van der Waals surface area contributed by atoms with Crippen molar-refractivity contribution in [1.82, 2.24) is 15.2 Å². The third kappa shape index (κ3) is 2.82. The maximum absolute atomic E-state index is 12.7. The van der Waals surface area contributed by atoms with E-state index in [0.29, 0.717) is 36.3 Å². The largest absolute Gasteiger partial charge is 0.486 e. The van der Waals surface area contributed by atoms with Crippen molar-refractivity contribution in [3.05, 3.63) is 18.0 Å². The van der Waals surface area contributed by atoms with E-state index in [2.05, 4.69) is 29.0 Å². The predicted molar refractivity (Wildman–Crippen MR) is 92.1 cm³/mol. The number of ether oxygens (including phenoxy) is 2. The second kappa shape index (κ2) is 6.41. The van der Waals surface area contributed by atoms with Gasteiger partial charge in [0.05, 0.1) is 6.20 Å². The van der Waals surface area contributed by atoms with Gasteiger partial charge in [0.25, 0.3) is 5.91 Å². The zero-order valence-electron chi connectivity index (χ0n) is 14.1. The van der Waals surface area contributed by atoms with Crippen molar-refractivity contribution in [2.75, 3.05) is 26.3 Å². The van der Waals surface area contributed by atoms with Gasteiger partial charge in [0, 0.05) is 17.6 Å². The summed E-state index contributed by atoms with van der Waals surface area (Å²) in [5.41, 5.74) is 0.381. The van der Waals surface area contributed by atoms with Crippen LogP contribution in [0.2, 0.25) is 0 Å². The van der Waals surface area contributed by atoms with Crippen LogP contribution in [0.25, 0.3) is 0 Å². The van der Waals surface area contributed by atoms with Gasteiger partial charge in [-0.15, -0.1) is 12.4 Å².